The van der Waals surface area contributed by atoms with Gasteiger partial charge in [-0.15, -0.1) is 22.7 Å². The van der Waals surface area contributed by atoms with Crippen molar-refractivity contribution in [3.63, 3.8) is 0 Å². The number of halogens is 1. The zero-order chi connectivity index (χ0) is 20.3. The fraction of sp³-hybridized carbons (Fsp3) is 0.222. The largest absolute Gasteiger partial charge is 0.321 e. The first-order valence-corrected chi connectivity index (χ1v) is 12.0. The smallest absolute Gasteiger partial charge is 0.275 e. The molecule has 28 heavy (non-hydrogen) atoms. The number of amides is 1. The molecule has 10 heteroatoms. The van der Waals surface area contributed by atoms with Gasteiger partial charge in [0.25, 0.3) is 5.91 Å². The third-order valence-electron chi connectivity index (χ3n) is 3.98. The van der Waals surface area contributed by atoms with Crippen LogP contribution >= 0.6 is 34.3 Å². The van der Waals surface area contributed by atoms with Gasteiger partial charge in [0, 0.05) is 24.2 Å². The zero-order valence-corrected chi connectivity index (χ0v) is 18.4. The lowest BCUT2D eigenvalue weighted by Crippen LogP contribution is -2.30. The maximum Gasteiger partial charge on any atom is 0.275 e. The Morgan fingerprint density at radius 1 is 1.21 bits per heavy atom. The lowest BCUT2D eigenvalue weighted by atomic mass is 10.3. The molecule has 0 aliphatic carbocycles. The molecule has 0 bridgehead atoms. The molecule has 1 amide bonds. The van der Waals surface area contributed by atoms with E-state index in [1.54, 1.807) is 36.6 Å². The molecule has 0 aliphatic heterocycles. The first kappa shape index (κ1) is 20.9. The van der Waals surface area contributed by atoms with Crippen LogP contribution in [0, 0.1) is 0 Å². The quantitative estimate of drug-likeness (QED) is 0.554. The summed E-state index contributed by atoms with van der Waals surface area (Å²) in [5.74, 6) is -0.410. The maximum absolute atomic E-state index is 12.8. The van der Waals surface area contributed by atoms with E-state index in [4.69, 9.17) is 11.6 Å². The van der Waals surface area contributed by atoms with Crippen LogP contribution in [0.2, 0.25) is 5.02 Å². The molecule has 0 fully saturated rings. The van der Waals surface area contributed by atoms with E-state index in [-0.39, 0.29) is 15.6 Å². The molecule has 148 valence electrons. The minimum Gasteiger partial charge on any atom is -0.321 e. The third kappa shape index (κ3) is 4.28. The molecule has 0 saturated carbocycles. The molecular weight excluding hydrogens is 438 g/mol. The summed E-state index contributed by atoms with van der Waals surface area (Å²) < 4.78 is 26.9. The first-order chi connectivity index (χ1) is 13.4. The molecule has 0 atom stereocenters. The lowest BCUT2D eigenvalue weighted by Gasteiger charge is -2.19. The third-order valence-corrected chi connectivity index (χ3v) is 8.39. The van der Waals surface area contributed by atoms with Crippen molar-refractivity contribution >= 4 is 55.9 Å². The van der Waals surface area contributed by atoms with Crippen LogP contribution in [0.1, 0.15) is 24.3 Å². The van der Waals surface area contributed by atoms with E-state index in [0.717, 1.165) is 9.88 Å². The van der Waals surface area contributed by atoms with Crippen LogP contribution in [0.25, 0.3) is 9.88 Å². The van der Waals surface area contributed by atoms with Crippen molar-refractivity contribution in [1.82, 2.24) is 9.29 Å². The number of carbonyl (C=O) groups excluding carboxylic acids is 1. The number of anilines is 1. The van der Waals surface area contributed by atoms with Gasteiger partial charge in [-0.3, -0.25) is 4.79 Å². The highest BCUT2D eigenvalue weighted by Crippen LogP contribution is 2.30. The summed E-state index contributed by atoms with van der Waals surface area (Å²) in [7, 11) is -3.74. The van der Waals surface area contributed by atoms with Crippen LogP contribution in [-0.4, -0.2) is 36.7 Å². The Morgan fingerprint density at radius 2 is 1.96 bits per heavy atom. The summed E-state index contributed by atoms with van der Waals surface area (Å²) in [6.07, 6.45) is 0. The summed E-state index contributed by atoms with van der Waals surface area (Å²) in [5.41, 5.74) is 0.613. The second-order valence-corrected chi connectivity index (χ2v) is 9.82. The van der Waals surface area contributed by atoms with Crippen LogP contribution in [0.3, 0.4) is 0 Å². The number of thiazole rings is 1. The zero-order valence-electron chi connectivity index (χ0n) is 15.2. The molecule has 0 saturated heterocycles. The second kappa shape index (κ2) is 8.71. The second-order valence-electron chi connectivity index (χ2n) is 5.70. The number of carbonyl (C=O) groups is 1. The predicted octanol–water partition coefficient (Wildman–Crippen LogP) is 4.81. The summed E-state index contributed by atoms with van der Waals surface area (Å²) in [6.45, 7) is 4.17. The number of benzene rings is 1. The Morgan fingerprint density at radius 3 is 2.61 bits per heavy atom. The van der Waals surface area contributed by atoms with Crippen molar-refractivity contribution in [3.05, 3.63) is 51.8 Å². The molecule has 3 rings (SSSR count). The average Bonchev–Trinajstić information content (AvgIpc) is 3.35. The fourth-order valence-electron chi connectivity index (χ4n) is 2.57. The number of rotatable bonds is 7. The summed E-state index contributed by atoms with van der Waals surface area (Å²) >= 11 is 9.05. The number of aromatic nitrogens is 1. The van der Waals surface area contributed by atoms with Crippen molar-refractivity contribution in [2.24, 2.45) is 0 Å². The van der Waals surface area contributed by atoms with Crippen LogP contribution in [0.4, 0.5) is 5.69 Å². The van der Waals surface area contributed by atoms with Crippen molar-refractivity contribution < 1.29 is 13.2 Å². The van der Waals surface area contributed by atoms with Crippen molar-refractivity contribution in [2.75, 3.05) is 18.4 Å². The number of hydrogen-bond acceptors (Lipinski definition) is 6. The molecule has 1 aromatic carbocycles. The molecule has 2 heterocycles. The summed E-state index contributed by atoms with van der Waals surface area (Å²) in [4.78, 5) is 17.8. The Hall–Kier alpha value is -1.78. The van der Waals surface area contributed by atoms with E-state index < -0.39 is 15.9 Å². The van der Waals surface area contributed by atoms with E-state index in [1.807, 2.05) is 17.5 Å². The number of nitrogens with zero attached hydrogens (tertiary/aromatic N) is 2. The molecule has 1 N–H and O–H groups in total. The molecular formula is C18H18ClN3O3S3. The van der Waals surface area contributed by atoms with Crippen LogP contribution in [-0.2, 0) is 10.0 Å². The van der Waals surface area contributed by atoms with Crippen molar-refractivity contribution in [1.29, 1.82) is 0 Å². The highest BCUT2D eigenvalue weighted by atomic mass is 35.5. The Kier molecular flexibility index (Phi) is 6.51. The molecule has 2 aromatic heterocycles. The van der Waals surface area contributed by atoms with Gasteiger partial charge in [0.2, 0.25) is 10.0 Å². The number of hydrogen-bond donors (Lipinski definition) is 1. The van der Waals surface area contributed by atoms with Crippen LogP contribution in [0.5, 0.6) is 0 Å². The molecule has 6 nitrogen and oxygen atoms in total. The standard InChI is InChI=1S/C18H18ClN3O3S3/c1-3-22(4-2)28(24,25)16-10-12(7-8-13(16)19)20-17(23)14-11-27-18(21-14)15-6-5-9-26-15/h5-11H,3-4H2,1-2H3,(H,20,23). The Balaban J connectivity index is 1.84. The molecule has 0 unspecified atom stereocenters. The predicted molar refractivity (Wildman–Crippen MR) is 115 cm³/mol. The van der Waals surface area contributed by atoms with Gasteiger partial charge in [0.05, 0.1) is 9.90 Å². The lowest BCUT2D eigenvalue weighted by molar-refractivity contribution is 0.102. The average molecular weight is 456 g/mol. The molecule has 3 aromatic rings. The summed E-state index contributed by atoms with van der Waals surface area (Å²) in [6, 6.07) is 8.27. The Bertz CT molecular complexity index is 1070. The monoisotopic (exact) mass is 455 g/mol. The Labute approximate surface area is 176 Å². The first-order valence-electron chi connectivity index (χ1n) is 8.47. The molecule has 0 spiro atoms. The van der Waals surface area contributed by atoms with Crippen LogP contribution < -0.4 is 5.32 Å². The maximum atomic E-state index is 12.8. The number of thiophene rings is 1. The highest BCUT2D eigenvalue weighted by molar-refractivity contribution is 7.89. The van der Waals surface area contributed by atoms with Crippen LogP contribution in [0.15, 0.2) is 46.0 Å². The van der Waals surface area contributed by atoms with E-state index in [2.05, 4.69) is 10.3 Å². The molecule has 0 aliphatic rings. The van der Waals surface area contributed by atoms with Gasteiger partial charge >= 0.3 is 0 Å². The highest BCUT2D eigenvalue weighted by Gasteiger charge is 2.25. The minimum absolute atomic E-state index is 0.0341. The SMILES string of the molecule is CCN(CC)S(=O)(=O)c1cc(NC(=O)c2csc(-c3cccs3)n2)ccc1Cl. The van der Waals surface area contributed by atoms with E-state index in [9.17, 15) is 13.2 Å². The fourth-order valence-corrected chi connectivity index (χ4v) is 6.14. The van der Waals surface area contributed by atoms with Gasteiger partial charge < -0.3 is 5.32 Å². The van der Waals surface area contributed by atoms with E-state index in [0.29, 0.717) is 18.8 Å². The minimum atomic E-state index is -3.74. The van der Waals surface area contributed by atoms with Gasteiger partial charge in [-0.05, 0) is 29.6 Å². The van der Waals surface area contributed by atoms with E-state index in [1.165, 1.54) is 27.8 Å². The summed E-state index contributed by atoms with van der Waals surface area (Å²) in [5, 5.41) is 7.19. The van der Waals surface area contributed by atoms with Crippen molar-refractivity contribution in [3.8, 4) is 9.88 Å². The van der Waals surface area contributed by atoms with Gasteiger partial charge in [-0.2, -0.15) is 4.31 Å². The topological polar surface area (TPSA) is 79.4 Å². The van der Waals surface area contributed by atoms with Gasteiger partial charge in [0.15, 0.2) is 0 Å². The van der Waals surface area contributed by atoms with Gasteiger partial charge in [0.1, 0.15) is 15.6 Å². The van der Waals surface area contributed by atoms with Gasteiger partial charge in [-0.25, -0.2) is 13.4 Å². The normalized spacial score (nSPS) is 11.7. The van der Waals surface area contributed by atoms with Crippen molar-refractivity contribution in [2.45, 2.75) is 18.7 Å². The van der Waals surface area contributed by atoms with E-state index >= 15 is 0 Å². The molecule has 0 radical (unpaired) electrons. The number of nitrogens with one attached hydrogen (secondary N) is 1. The number of sulfonamides is 1. The van der Waals surface area contributed by atoms with Gasteiger partial charge in [-0.1, -0.05) is 31.5 Å².